The van der Waals surface area contributed by atoms with Crippen molar-refractivity contribution >= 4 is 5.91 Å². The standard InChI is InChI=1S/C70H125NO18/c1-3-5-7-9-11-13-15-17-18-19-20-21-22-23-24-25-26-27-28-29-30-31-32-33-34-36-38-40-42-44-46-48-58(76)71-53(54(75)47-45-43-41-39-37-35-16-14-12-10-8-6-4-2)52-84-68-64(82)61(79)66(56(50-73)86-68)89-70-65(83)62(80)67(57(51-74)87-70)88-69-63(81)60(78)59(77)55(49-72)85-69/h12,14-15,17,19-20,37,39,45,47,53-57,59-70,72-75,77-83H,3-11,13,16,18,21-36,38,40-44,46,48-52H2,1-2H3,(H,71,76)/b14-12+,17-15-,20-19-,39-37+,47-45+. The minimum atomic E-state index is -1.98. The second-order valence-electron chi connectivity index (χ2n) is 25.0. The second-order valence-corrected chi connectivity index (χ2v) is 25.0. The maximum Gasteiger partial charge on any atom is 0.220 e. The van der Waals surface area contributed by atoms with Gasteiger partial charge in [0.05, 0.1) is 38.6 Å². The van der Waals surface area contributed by atoms with Crippen molar-refractivity contribution in [3.8, 4) is 0 Å². The molecular formula is C70H125NO18. The molecule has 3 aliphatic rings. The molecule has 3 saturated heterocycles. The van der Waals surface area contributed by atoms with E-state index < -0.39 is 124 Å². The summed E-state index contributed by atoms with van der Waals surface area (Å²) in [6.45, 7) is 1.66. The summed E-state index contributed by atoms with van der Waals surface area (Å²) in [5.41, 5.74) is 0. The Morgan fingerprint density at radius 3 is 1.21 bits per heavy atom. The number of unbranched alkanes of at least 4 members (excludes halogenated alkanes) is 29. The highest BCUT2D eigenvalue weighted by atomic mass is 16.8. The number of amides is 1. The first-order valence-electron chi connectivity index (χ1n) is 35.0. The molecule has 0 saturated carbocycles. The van der Waals surface area contributed by atoms with Crippen molar-refractivity contribution in [3.05, 3.63) is 60.8 Å². The summed E-state index contributed by atoms with van der Waals surface area (Å²) >= 11 is 0. The van der Waals surface area contributed by atoms with Gasteiger partial charge in [0.1, 0.15) is 73.2 Å². The average molecular weight is 1270 g/mol. The van der Waals surface area contributed by atoms with Crippen molar-refractivity contribution in [3.63, 3.8) is 0 Å². The molecule has 0 bridgehead atoms. The van der Waals surface area contributed by atoms with Crippen LogP contribution in [0.1, 0.15) is 245 Å². The van der Waals surface area contributed by atoms with Crippen LogP contribution in [0.4, 0.5) is 0 Å². The Labute approximate surface area is 535 Å². The van der Waals surface area contributed by atoms with Crippen LogP contribution in [0, 0.1) is 0 Å². The van der Waals surface area contributed by atoms with Crippen molar-refractivity contribution in [1.29, 1.82) is 0 Å². The number of carbonyl (C=O) groups excluding carboxylic acids is 1. The average Bonchev–Trinajstić information content (AvgIpc) is 3.18. The molecule has 0 aromatic rings. The van der Waals surface area contributed by atoms with Crippen LogP contribution >= 0.6 is 0 Å². The van der Waals surface area contributed by atoms with E-state index >= 15 is 0 Å². The van der Waals surface area contributed by atoms with Crippen molar-refractivity contribution in [2.24, 2.45) is 0 Å². The fourth-order valence-electron chi connectivity index (χ4n) is 11.5. The highest BCUT2D eigenvalue weighted by molar-refractivity contribution is 5.76. The normalized spacial score (nSPS) is 28.6. The number of rotatable bonds is 53. The number of hydrogen-bond donors (Lipinski definition) is 12. The first-order valence-corrected chi connectivity index (χ1v) is 35.0. The first kappa shape index (κ1) is 80.7. The molecule has 17 unspecified atom stereocenters. The van der Waals surface area contributed by atoms with Crippen LogP contribution in [0.3, 0.4) is 0 Å². The highest BCUT2D eigenvalue weighted by Crippen LogP contribution is 2.33. The van der Waals surface area contributed by atoms with E-state index in [0.717, 1.165) is 51.4 Å². The SMILES string of the molecule is CCCCC/C=C/CC/C=C/CC/C=C/C(O)C(COC1OC(CO)C(OC2OC(CO)C(OC3OC(CO)C(O)C(O)C3O)C(O)C2O)C(O)C1O)NC(=O)CCCCCCCCCCCCCCCCCCCCC/C=C\C/C=C\CCCCCCC. The smallest absolute Gasteiger partial charge is 0.220 e. The lowest BCUT2D eigenvalue weighted by Gasteiger charge is -2.48. The van der Waals surface area contributed by atoms with Crippen LogP contribution in [0.15, 0.2) is 60.8 Å². The second kappa shape index (κ2) is 51.8. The molecule has 1 amide bonds. The summed E-state index contributed by atoms with van der Waals surface area (Å²) < 4.78 is 34.3. The number of hydrogen-bond acceptors (Lipinski definition) is 18. The molecule has 19 nitrogen and oxygen atoms in total. The minimum absolute atomic E-state index is 0.232. The summed E-state index contributed by atoms with van der Waals surface area (Å²) in [6.07, 6.45) is 36.5. The number of aliphatic hydroxyl groups excluding tert-OH is 11. The van der Waals surface area contributed by atoms with Crippen LogP contribution in [-0.2, 0) is 33.2 Å². The largest absolute Gasteiger partial charge is 0.394 e. The fraction of sp³-hybridized carbons (Fsp3) is 0.843. The summed E-state index contributed by atoms with van der Waals surface area (Å²) in [7, 11) is 0. The lowest BCUT2D eigenvalue weighted by molar-refractivity contribution is -0.379. The van der Waals surface area contributed by atoms with Gasteiger partial charge in [0, 0.05) is 6.42 Å². The summed E-state index contributed by atoms with van der Waals surface area (Å²) in [6, 6.07) is -0.996. The van der Waals surface area contributed by atoms with Gasteiger partial charge in [-0.1, -0.05) is 222 Å². The zero-order valence-electron chi connectivity index (χ0n) is 54.6. The molecule has 3 aliphatic heterocycles. The van der Waals surface area contributed by atoms with E-state index in [1.807, 2.05) is 6.08 Å². The molecule has 3 rings (SSSR count). The molecule has 12 N–H and O–H groups in total. The number of allylic oxidation sites excluding steroid dienone is 9. The molecule has 89 heavy (non-hydrogen) atoms. The molecule has 518 valence electrons. The summed E-state index contributed by atoms with van der Waals surface area (Å²) in [5.74, 6) is -0.289. The molecule has 17 atom stereocenters. The number of carbonyl (C=O) groups is 1. The van der Waals surface area contributed by atoms with Crippen LogP contribution < -0.4 is 5.32 Å². The third-order valence-electron chi connectivity index (χ3n) is 17.3. The van der Waals surface area contributed by atoms with Crippen molar-refractivity contribution in [2.45, 2.75) is 349 Å². The van der Waals surface area contributed by atoms with Crippen LogP contribution in [0.25, 0.3) is 0 Å². The molecule has 0 aromatic heterocycles. The first-order chi connectivity index (χ1) is 43.3. The Hall–Kier alpha value is -2.51. The molecule has 0 spiro atoms. The van der Waals surface area contributed by atoms with E-state index in [4.69, 9.17) is 28.4 Å². The van der Waals surface area contributed by atoms with Crippen molar-refractivity contribution in [2.75, 3.05) is 26.4 Å². The summed E-state index contributed by atoms with van der Waals surface area (Å²) in [5, 5.41) is 120. The number of nitrogens with one attached hydrogen (secondary N) is 1. The number of ether oxygens (including phenoxy) is 6. The Balaban J connectivity index is 1.37. The summed E-state index contributed by atoms with van der Waals surface area (Å²) in [4.78, 5) is 13.4. The van der Waals surface area contributed by atoms with Crippen LogP contribution in [0.2, 0.25) is 0 Å². The predicted octanol–water partition coefficient (Wildman–Crippen LogP) is 9.16. The molecular weight excluding hydrogens is 1140 g/mol. The van der Waals surface area contributed by atoms with Crippen molar-refractivity contribution < 1.29 is 89.4 Å². The zero-order chi connectivity index (χ0) is 64.7. The van der Waals surface area contributed by atoms with Gasteiger partial charge in [0.25, 0.3) is 0 Å². The predicted molar refractivity (Wildman–Crippen MR) is 346 cm³/mol. The van der Waals surface area contributed by atoms with Gasteiger partial charge in [-0.15, -0.1) is 0 Å². The van der Waals surface area contributed by atoms with Gasteiger partial charge in [-0.3, -0.25) is 4.79 Å². The van der Waals surface area contributed by atoms with Gasteiger partial charge in [-0.2, -0.15) is 0 Å². The molecule has 0 aliphatic carbocycles. The van der Waals surface area contributed by atoms with E-state index in [0.29, 0.717) is 12.8 Å². The van der Waals surface area contributed by atoms with Gasteiger partial charge < -0.3 is 89.9 Å². The lowest BCUT2D eigenvalue weighted by Crippen LogP contribution is -2.66. The third-order valence-corrected chi connectivity index (χ3v) is 17.3. The zero-order valence-corrected chi connectivity index (χ0v) is 54.6. The maximum absolute atomic E-state index is 13.4. The highest BCUT2D eigenvalue weighted by Gasteiger charge is 2.53. The van der Waals surface area contributed by atoms with E-state index in [-0.39, 0.29) is 18.9 Å². The maximum atomic E-state index is 13.4. The Kier molecular flexibility index (Phi) is 47.0. The van der Waals surface area contributed by atoms with E-state index in [9.17, 15) is 61.0 Å². The van der Waals surface area contributed by atoms with Gasteiger partial charge in [0.15, 0.2) is 18.9 Å². The van der Waals surface area contributed by atoms with Gasteiger partial charge in [-0.25, -0.2) is 0 Å². The Morgan fingerprint density at radius 1 is 0.404 bits per heavy atom. The van der Waals surface area contributed by atoms with E-state index in [1.54, 1.807) is 6.08 Å². The molecule has 19 heteroatoms. The van der Waals surface area contributed by atoms with Crippen LogP contribution in [0.5, 0.6) is 0 Å². The van der Waals surface area contributed by atoms with Gasteiger partial charge in [0.2, 0.25) is 5.91 Å². The molecule has 0 radical (unpaired) electrons. The molecule has 3 heterocycles. The molecule has 0 aromatic carbocycles. The Bertz CT molecular complexity index is 1850. The monoisotopic (exact) mass is 1270 g/mol. The Morgan fingerprint density at radius 2 is 0.753 bits per heavy atom. The van der Waals surface area contributed by atoms with Crippen molar-refractivity contribution in [1.82, 2.24) is 5.32 Å². The lowest BCUT2D eigenvalue weighted by atomic mass is 9.96. The van der Waals surface area contributed by atoms with E-state index in [2.05, 4.69) is 67.8 Å². The van der Waals surface area contributed by atoms with E-state index in [1.165, 1.54) is 161 Å². The topological polar surface area (TPSA) is 307 Å². The van der Waals surface area contributed by atoms with Gasteiger partial charge >= 0.3 is 0 Å². The number of aliphatic hydroxyl groups is 11. The van der Waals surface area contributed by atoms with Crippen LogP contribution in [-0.4, -0.2) is 193 Å². The van der Waals surface area contributed by atoms with Gasteiger partial charge in [-0.05, 0) is 77.0 Å². The fourth-order valence-corrected chi connectivity index (χ4v) is 11.5. The third kappa shape index (κ3) is 33.9. The quantitative estimate of drug-likeness (QED) is 0.0199. The molecule has 3 fully saturated rings. The minimum Gasteiger partial charge on any atom is -0.394 e.